The number of halogens is 12. The fourth-order valence-electron chi connectivity index (χ4n) is 10.9. The van der Waals surface area contributed by atoms with Gasteiger partial charge in [0.05, 0.1) is 56.0 Å². The lowest BCUT2D eigenvalue weighted by atomic mass is 9.73. The molecule has 12 rings (SSSR count). The van der Waals surface area contributed by atoms with Crippen LogP contribution < -0.4 is 9.80 Å². The van der Waals surface area contributed by atoms with E-state index >= 15 is 0 Å². The Hall–Kier alpha value is -7.68. The van der Waals surface area contributed by atoms with Crippen LogP contribution in [-0.2, 0) is 30.1 Å². The molecule has 3 nitrogen and oxygen atoms in total. The van der Waals surface area contributed by atoms with Crippen molar-refractivity contribution in [1.82, 2.24) is 4.40 Å². The van der Waals surface area contributed by atoms with Crippen molar-refractivity contribution in [2.24, 2.45) is 0 Å². The van der Waals surface area contributed by atoms with E-state index in [9.17, 15) is 52.7 Å². The second kappa shape index (κ2) is 14.0. The maximum absolute atomic E-state index is 14.6. The molecule has 1 aliphatic carbocycles. The Morgan fingerprint density at radius 3 is 1.61 bits per heavy atom. The predicted octanol–water partition coefficient (Wildman–Crippen LogP) is 17.5. The van der Waals surface area contributed by atoms with E-state index < -0.39 is 58.1 Å². The van der Waals surface area contributed by atoms with Crippen LogP contribution in [0.5, 0.6) is 0 Å². The number of alkyl halides is 12. The molecule has 2 aromatic heterocycles. The maximum atomic E-state index is 14.6. The molecule has 1 aliphatic heterocycles. The molecular formula is C54H29F12N3. The molecule has 1 unspecified atom stereocenters. The molecule has 0 radical (unpaired) electrons. The lowest BCUT2D eigenvalue weighted by Crippen LogP contribution is -2.23. The number of benzene rings is 8. The van der Waals surface area contributed by atoms with Gasteiger partial charge in [-0.3, -0.25) is 0 Å². The van der Waals surface area contributed by atoms with Gasteiger partial charge in [0.1, 0.15) is 0 Å². The van der Waals surface area contributed by atoms with Crippen LogP contribution in [0.3, 0.4) is 0 Å². The molecule has 10 aromatic rings. The topological polar surface area (TPSA) is 10.9 Å². The van der Waals surface area contributed by atoms with E-state index in [0.717, 1.165) is 11.1 Å². The van der Waals surface area contributed by atoms with Gasteiger partial charge in [0.25, 0.3) is 0 Å². The number of anilines is 6. The minimum absolute atomic E-state index is 0.0742. The Labute approximate surface area is 383 Å². The summed E-state index contributed by atoms with van der Waals surface area (Å²) in [6.45, 7) is 1.96. The highest BCUT2D eigenvalue weighted by Crippen LogP contribution is 2.64. The van der Waals surface area contributed by atoms with Crippen molar-refractivity contribution >= 4 is 72.1 Å². The summed E-state index contributed by atoms with van der Waals surface area (Å²) in [6, 6.07) is 37.4. The Morgan fingerprint density at radius 2 is 0.986 bits per heavy atom. The molecule has 2 aliphatic rings. The van der Waals surface area contributed by atoms with Gasteiger partial charge in [0, 0.05) is 55.1 Å². The van der Waals surface area contributed by atoms with Crippen molar-refractivity contribution < 1.29 is 52.7 Å². The molecule has 0 spiro atoms. The zero-order valence-electron chi connectivity index (χ0n) is 35.4. The summed E-state index contributed by atoms with van der Waals surface area (Å²) in [7, 11) is 0. The molecule has 1 atom stereocenters. The Kier molecular flexibility index (Phi) is 8.63. The largest absolute Gasteiger partial charge is 0.416 e. The van der Waals surface area contributed by atoms with Crippen molar-refractivity contribution in [2.75, 3.05) is 9.80 Å². The van der Waals surface area contributed by atoms with E-state index in [4.69, 9.17) is 0 Å². The van der Waals surface area contributed by atoms with Gasteiger partial charge in [0.2, 0.25) is 0 Å². The third kappa shape index (κ3) is 6.04. The molecule has 0 bridgehead atoms. The zero-order valence-corrected chi connectivity index (χ0v) is 35.4. The number of fused-ring (bicyclic) bond motifs is 11. The highest BCUT2D eigenvalue weighted by atomic mass is 19.4. The van der Waals surface area contributed by atoms with Gasteiger partial charge in [-0.05, 0) is 90.2 Å². The first-order valence-corrected chi connectivity index (χ1v) is 21.4. The molecular weight excluding hydrogens is 919 g/mol. The van der Waals surface area contributed by atoms with Gasteiger partial charge in [-0.1, -0.05) is 91.0 Å². The van der Waals surface area contributed by atoms with Crippen molar-refractivity contribution in [3.8, 4) is 11.3 Å². The maximum Gasteiger partial charge on any atom is 0.416 e. The summed E-state index contributed by atoms with van der Waals surface area (Å²) in [5, 5.41) is 2.83. The molecule has 0 fully saturated rings. The second-order valence-electron chi connectivity index (χ2n) is 17.5. The fraction of sp³-hybridized carbons (Fsp3) is 0.111. The predicted molar refractivity (Wildman–Crippen MR) is 241 cm³/mol. The normalized spacial score (nSPS) is 15.9. The lowest BCUT2D eigenvalue weighted by molar-refractivity contribution is -0.144. The van der Waals surface area contributed by atoms with Crippen LogP contribution in [0.15, 0.2) is 158 Å². The lowest BCUT2D eigenvalue weighted by Gasteiger charge is -2.32. The molecule has 0 saturated carbocycles. The average Bonchev–Trinajstić information content (AvgIpc) is 3.90. The zero-order chi connectivity index (χ0) is 48.3. The summed E-state index contributed by atoms with van der Waals surface area (Å²) in [5.74, 6) is 0. The Balaban J connectivity index is 1.25. The quantitative estimate of drug-likeness (QED) is 0.163. The first-order chi connectivity index (χ1) is 32.7. The van der Waals surface area contributed by atoms with E-state index in [1.54, 1.807) is 97.1 Å². The van der Waals surface area contributed by atoms with Gasteiger partial charge in [-0.2, -0.15) is 52.7 Å². The van der Waals surface area contributed by atoms with Gasteiger partial charge in [-0.15, -0.1) is 0 Å². The van der Waals surface area contributed by atoms with Crippen LogP contribution >= 0.6 is 0 Å². The minimum Gasteiger partial charge on any atom is -0.310 e. The molecule has 15 heteroatoms. The second-order valence-corrected chi connectivity index (χ2v) is 17.5. The smallest absolute Gasteiger partial charge is 0.310 e. The summed E-state index contributed by atoms with van der Waals surface area (Å²) in [4.78, 5) is 2.79. The van der Waals surface area contributed by atoms with E-state index in [0.29, 0.717) is 84.7 Å². The molecule has 0 N–H and O–H groups in total. The van der Waals surface area contributed by atoms with Crippen molar-refractivity contribution in [3.63, 3.8) is 0 Å². The van der Waals surface area contributed by atoms with Crippen molar-refractivity contribution in [3.05, 3.63) is 197 Å². The highest BCUT2D eigenvalue weighted by Gasteiger charge is 2.50. The summed E-state index contributed by atoms with van der Waals surface area (Å²) < 4.78 is 177. The monoisotopic (exact) mass is 947 g/mol. The first kappa shape index (κ1) is 42.7. The van der Waals surface area contributed by atoms with Crippen LogP contribution in [0, 0.1) is 0 Å². The summed E-state index contributed by atoms with van der Waals surface area (Å²) in [6.07, 6.45) is -20.6. The SMILES string of the molecule is CC12c3ccccc3-c3c1c1c(ccc4c5c6ccccc6c(N(c6ccccc6)c6cc(C(F)(F)F)cc(C(F)(F)F)c6)cc5n3c14)N(c1cc(C(F)(F)F)cc(C(F)(F)F)c1)c1ccccc12. The van der Waals surface area contributed by atoms with Gasteiger partial charge in [0.15, 0.2) is 0 Å². The molecule has 344 valence electrons. The number of aromatic nitrogens is 1. The molecule has 3 heterocycles. The van der Waals surface area contributed by atoms with Crippen LogP contribution in [-0.4, -0.2) is 4.40 Å². The van der Waals surface area contributed by atoms with E-state index in [-0.39, 0.29) is 34.9 Å². The molecule has 8 aromatic carbocycles. The Bertz CT molecular complexity index is 3710. The van der Waals surface area contributed by atoms with E-state index in [1.165, 1.54) is 9.80 Å². The van der Waals surface area contributed by atoms with Crippen molar-refractivity contribution in [1.29, 1.82) is 0 Å². The number of hydrogen-bond acceptors (Lipinski definition) is 2. The van der Waals surface area contributed by atoms with Crippen LogP contribution in [0.1, 0.15) is 45.9 Å². The average molecular weight is 948 g/mol. The van der Waals surface area contributed by atoms with Gasteiger partial charge < -0.3 is 14.2 Å². The summed E-state index contributed by atoms with van der Waals surface area (Å²) in [5.41, 5.74) is -2.28. The number of nitrogens with zero attached hydrogens (tertiary/aromatic N) is 3. The van der Waals surface area contributed by atoms with Crippen LogP contribution in [0.25, 0.3) is 49.2 Å². The fourth-order valence-corrected chi connectivity index (χ4v) is 10.9. The minimum atomic E-state index is -5.16. The molecule has 69 heavy (non-hydrogen) atoms. The first-order valence-electron chi connectivity index (χ1n) is 21.4. The number of rotatable bonds is 4. The molecule has 0 saturated heterocycles. The number of para-hydroxylation sites is 2. The highest BCUT2D eigenvalue weighted by molar-refractivity contribution is 6.30. The third-order valence-corrected chi connectivity index (χ3v) is 13.7. The third-order valence-electron chi connectivity index (χ3n) is 13.7. The van der Waals surface area contributed by atoms with Crippen LogP contribution in [0.2, 0.25) is 0 Å². The van der Waals surface area contributed by atoms with Gasteiger partial charge in [-0.25, -0.2) is 0 Å². The van der Waals surface area contributed by atoms with Crippen molar-refractivity contribution in [2.45, 2.75) is 37.0 Å². The number of hydrogen-bond donors (Lipinski definition) is 0. The van der Waals surface area contributed by atoms with Gasteiger partial charge >= 0.3 is 24.7 Å². The molecule has 0 amide bonds. The summed E-state index contributed by atoms with van der Waals surface area (Å²) >= 11 is 0. The standard InChI is InChI=1S/C54H29F12N3/c1-50-39-16-8-7-15-37(39)49-47(50)46-42(68(41-18-10-9-17-40(41)50)34-25-30(53(61,62)63)22-31(26-34)54(64,65)66)20-19-38-45-36-14-6-5-13-35(36)43(27-44(45)69(49)48(38)46)67(32-11-3-2-4-12-32)33-23-28(51(55,56)57)21-29(24-33)52(58,59)60/h2-27H,1H3. The van der Waals surface area contributed by atoms with E-state index in [2.05, 4.69) is 0 Å². The van der Waals surface area contributed by atoms with E-state index in [1.807, 2.05) is 35.6 Å². The van der Waals surface area contributed by atoms with Crippen LogP contribution in [0.4, 0.5) is 86.8 Å². The Morgan fingerprint density at radius 1 is 0.449 bits per heavy atom.